The monoisotopic (exact) mass is 288 g/mol. The normalized spacial score (nSPS) is 27.7. The fourth-order valence-electron chi connectivity index (χ4n) is 4.40. The van der Waals surface area contributed by atoms with E-state index in [9.17, 15) is 8.78 Å². The topological polar surface area (TPSA) is 0 Å². The van der Waals surface area contributed by atoms with Crippen molar-refractivity contribution in [3.8, 4) is 0 Å². The Morgan fingerprint density at radius 1 is 0.762 bits per heavy atom. The molecule has 0 atom stereocenters. The van der Waals surface area contributed by atoms with Crippen LogP contribution in [0.2, 0.25) is 0 Å². The fraction of sp³-hybridized carbons (Fsp3) is 0.667. The van der Waals surface area contributed by atoms with Gasteiger partial charge in [-0.15, -0.1) is 0 Å². The van der Waals surface area contributed by atoms with E-state index >= 15 is 0 Å². The van der Waals surface area contributed by atoms with E-state index in [0.29, 0.717) is 5.56 Å². The van der Waals surface area contributed by atoms with Crippen LogP contribution in [-0.2, 0) is 0 Å². The highest BCUT2D eigenvalue weighted by Crippen LogP contribution is 2.43. The van der Waals surface area contributed by atoms with Crippen molar-refractivity contribution in [2.45, 2.75) is 63.7 Å². The molecule has 0 saturated heterocycles. The molecule has 1 aromatic carbocycles. The third-order valence-electron chi connectivity index (χ3n) is 5.67. The first-order chi connectivity index (χ1) is 10.2. The van der Waals surface area contributed by atoms with Crippen LogP contribution in [0.3, 0.4) is 0 Å². The van der Waals surface area contributed by atoms with Crippen molar-refractivity contribution < 1.29 is 8.78 Å². The third-order valence-corrected chi connectivity index (χ3v) is 5.67. The second-order valence-corrected chi connectivity index (χ2v) is 6.88. The summed E-state index contributed by atoms with van der Waals surface area (Å²) in [7, 11) is 5.42. The Balaban J connectivity index is 1.64. The maximum atomic E-state index is 14.0. The Morgan fingerprint density at radius 3 is 2.05 bits per heavy atom. The molecule has 2 fully saturated rings. The van der Waals surface area contributed by atoms with Crippen LogP contribution in [0.5, 0.6) is 0 Å². The van der Waals surface area contributed by atoms with Crippen LogP contribution in [0.4, 0.5) is 8.78 Å². The smallest absolute Gasteiger partial charge is 0.161 e. The number of hydrogen-bond donors (Lipinski definition) is 0. The molecule has 2 saturated carbocycles. The maximum absolute atomic E-state index is 14.0. The van der Waals surface area contributed by atoms with Crippen molar-refractivity contribution in [1.82, 2.24) is 0 Å². The van der Waals surface area contributed by atoms with E-state index < -0.39 is 11.6 Å². The lowest BCUT2D eigenvalue weighted by atomic mass is 9.69. The van der Waals surface area contributed by atoms with Gasteiger partial charge in [0.15, 0.2) is 11.6 Å². The minimum atomic E-state index is -0.873. The van der Waals surface area contributed by atoms with Crippen LogP contribution in [0.1, 0.15) is 69.3 Å². The van der Waals surface area contributed by atoms with Crippen molar-refractivity contribution in [2.24, 2.45) is 11.8 Å². The van der Waals surface area contributed by atoms with Crippen LogP contribution in [-0.4, -0.2) is 7.85 Å². The zero-order valence-electron chi connectivity index (χ0n) is 12.6. The molecule has 0 nitrogen and oxygen atoms in total. The number of hydrogen-bond acceptors (Lipinski definition) is 0. The standard InChI is InChI=1S/C18H23BF2/c19-16-11-10-15(17(20)18(16)21)14-8-6-13(7-9-14)12-4-2-1-3-5-12/h10-14H,1-9H2. The van der Waals surface area contributed by atoms with Gasteiger partial charge in [0.25, 0.3) is 0 Å². The minimum Gasteiger partial charge on any atom is -0.204 e. The van der Waals surface area contributed by atoms with E-state index in [1.165, 1.54) is 51.0 Å². The number of halogens is 2. The number of rotatable bonds is 2. The molecular formula is C18H23BF2. The van der Waals surface area contributed by atoms with Gasteiger partial charge in [-0.3, -0.25) is 0 Å². The molecule has 0 aromatic heterocycles. The zero-order valence-corrected chi connectivity index (χ0v) is 12.6. The lowest BCUT2D eigenvalue weighted by molar-refractivity contribution is 0.185. The van der Waals surface area contributed by atoms with E-state index in [2.05, 4.69) is 0 Å². The van der Waals surface area contributed by atoms with Crippen LogP contribution < -0.4 is 5.46 Å². The van der Waals surface area contributed by atoms with Crippen molar-refractivity contribution in [1.29, 1.82) is 0 Å². The molecule has 3 rings (SSSR count). The quantitative estimate of drug-likeness (QED) is 0.697. The van der Waals surface area contributed by atoms with E-state index in [0.717, 1.165) is 24.7 Å². The predicted octanol–water partition coefficient (Wildman–Crippen LogP) is 4.61. The van der Waals surface area contributed by atoms with Crippen molar-refractivity contribution in [3.05, 3.63) is 29.3 Å². The summed E-state index contributed by atoms with van der Waals surface area (Å²) in [6, 6.07) is 3.18. The number of benzene rings is 1. The summed E-state index contributed by atoms with van der Waals surface area (Å²) in [5, 5.41) is 0. The molecule has 21 heavy (non-hydrogen) atoms. The van der Waals surface area contributed by atoms with Gasteiger partial charge in [0.1, 0.15) is 7.85 Å². The Kier molecular flexibility index (Phi) is 4.66. The summed E-state index contributed by atoms with van der Waals surface area (Å²) < 4.78 is 27.7. The van der Waals surface area contributed by atoms with Gasteiger partial charge < -0.3 is 0 Å². The fourth-order valence-corrected chi connectivity index (χ4v) is 4.40. The second kappa shape index (κ2) is 6.50. The molecule has 0 N–H and O–H groups in total. The maximum Gasteiger partial charge on any atom is 0.161 e. The molecule has 2 radical (unpaired) electrons. The van der Waals surface area contributed by atoms with Gasteiger partial charge in [-0.2, -0.15) is 0 Å². The lowest BCUT2D eigenvalue weighted by Crippen LogP contribution is -2.24. The lowest BCUT2D eigenvalue weighted by Gasteiger charge is -2.36. The summed E-state index contributed by atoms with van der Waals surface area (Å²) in [6.45, 7) is 0. The van der Waals surface area contributed by atoms with Gasteiger partial charge in [-0.25, -0.2) is 8.78 Å². The summed E-state index contributed by atoms with van der Waals surface area (Å²) >= 11 is 0. The largest absolute Gasteiger partial charge is 0.204 e. The van der Waals surface area contributed by atoms with Crippen LogP contribution in [0, 0.1) is 23.5 Å². The molecule has 1 aromatic rings. The van der Waals surface area contributed by atoms with Crippen molar-refractivity contribution >= 4 is 13.3 Å². The van der Waals surface area contributed by atoms with Crippen LogP contribution >= 0.6 is 0 Å². The second-order valence-electron chi connectivity index (χ2n) is 6.88. The van der Waals surface area contributed by atoms with Gasteiger partial charge >= 0.3 is 0 Å². The first-order valence-electron chi connectivity index (χ1n) is 8.40. The summed E-state index contributed by atoms with van der Waals surface area (Å²) in [4.78, 5) is 0. The Bertz CT molecular complexity index is 486. The molecule has 3 heteroatoms. The van der Waals surface area contributed by atoms with Gasteiger partial charge in [-0.05, 0) is 49.0 Å². The van der Waals surface area contributed by atoms with Gasteiger partial charge in [0.05, 0.1) is 0 Å². The van der Waals surface area contributed by atoms with E-state index in [1.807, 2.05) is 0 Å². The van der Waals surface area contributed by atoms with Crippen LogP contribution in [0.15, 0.2) is 12.1 Å². The first kappa shape index (κ1) is 15.1. The molecule has 0 unspecified atom stereocenters. The Labute approximate surface area is 127 Å². The van der Waals surface area contributed by atoms with Crippen molar-refractivity contribution in [3.63, 3.8) is 0 Å². The Morgan fingerprint density at radius 2 is 1.38 bits per heavy atom. The molecule has 0 bridgehead atoms. The SMILES string of the molecule is [B]c1ccc(C2CCC(C3CCCCC3)CC2)c(F)c1F. The highest BCUT2D eigenvalue weighted by molar-refractivity contribution is 6.32. The van der Waals surface area contributed by atoms with Gasteiger partial charge in [0.2, 0.25) is 0 Å². The summed E-state index contributed by atoms with van der Waals surface area (Å²) in [5.41, 5.74) is 0.441. The molecule has 0 heterocycles. The average molecular weight is 288 g/mol. The van der Waals surface area contributed by atoms with Gasteiger partial charge in [0, 0.05) is 0 Å². The van der Waals surface area contributed by atoms with Crippen LogP contribution in [0.25, 0.3) is 0 Å². The van der Waals surface area contributed by atoms with E-state index in [-0.39, 0.29) is 11.4 Å². The molecule has 0 amide bonds. The predicted molar refractivity (Wildman–Crippen MR) is 83.0 cm³/mol. The molecule has 2 aliphatic carbocycles. The summed E-state index contributed by atoms with van der Waals surface area (Å²) in [6.07, 6.45) is 11.2. The van der Waals surface area contributed by atoms with E-state index in [4.69, 9.17) is 7.85 Å². The molecule has 0 spiro atoms. The molecule has 2 aliphatic rings. The molecular weight excluding hydrogens is 265 g/mol. The highest BCUT2D eigenvalue weighted by atomic mass is 19.2. The summed E-state index contributed by atoms with van der Waals surface area (Å²) in [5.74, 6) is 0.258. The van der Waals surface area contributed by atoms with Gasteiger partial charge in [-0.1, -0.05) is 49.7 Å². The minimum absolute atomic E-state index is 0.0906. The average Bonchev–Trinajstić information content (AvgIpc) is 2.54. The first-order valence-corrected chi connectivity index (χ1v) is 8.40. The van der Waals surface area contributed by atoms with E-state index in [1.54, 1.807) is 6.07 Å². The highest BCUT2D eigenvalue weighted by Gasteiger charge is 2.30. The third kappa shape index (κ3) is 3.17. The molecule has 112 valence electrons. The van der Waals surface area contributed by atoms with Crippen molar-refractivity contribution in [2.75, 3.05) is 0 Å². The zero-order chi connectivity index (χ0) is 14.8. The Hall–Kier alpha value is -0.855. The molecule has 0 aliphatic heterocycles.